The van der Waals surface area contributed by atoms with Gasteiger partial charge in [0.15, 0.2) is 0 Å². The quantitative estimate of drug-likeness (QED) is 0.628. The molecule has 2 nitrogen and oxygen atoms in total. The Labute approximate surface area is 112 Å². The highest BCUT2D eigenvalue weighted by molar-refractivity contribution is 7.98. The number of benzene rings is 2. The molecule has 0 spiro atoms. The minimum absolute atomic E-state index is 0.661. The highest BCUT2D eigenvalue weighted by atomic mass is 32.2. The fraction of sp³-hybridized carbons (Fsp3) is 0.200. The number of thioether (sulfide) groups is 1. The van der Waals surface area contributed by atoms with Crippen LogP contribution < -0.4 is 10.1 Å². The molecule has 18 heavy (non-hydrogen) atoms. The Morgan fingerprint density at radius 3 is 2.39 bits per heavy atom. The number of ether oxygens (including phenoxy) is 1. The Balaban J connectivity index is 1.72. The summed E-state index contributed by atoms with van der Waals surface area (Å²) in [4.78, 5) is 1.28. The van der Waals surface area contributed by atoms with Gasteiger partial charge in [-0.05, 0) is 42.7 Å². The van der Waals surface area contributed by atoms with E-state index < -0.39 is 0 Å². The molecule has 0 aliphatic heterocycles. The van der Waals surface area contributed by atoms with Gasteiger partial charge in [0.2, 0.25) is 0 Å². The van der Waals surface area contributed by atoms with E-state index in [-0.39, 0.29) is 0 Å². The third-order valence-corrected chi connectivity index (χ3v) is 3.28. The van der Waals surface area contributed by atoms with Gasteiger partial charge in [0.25, 0.3) is 0 Å². The summed E-state index contributed by atoms with van der Waals surface area (Å²) in [6.45, 7) is 1.46. The Hall–Kier alpha value is -1.61. The average molecular weight is 259 g/mol. The summed E-state index contributed by atoms with van der Waals surface area (Å²) in [5, 5.41) is 3.33. The first-order valence-electron chi connectivity index (χ1n) is 5.94. The van der Waals surface area contributed by atoms with Crippen molar-refractivity contribution in [3.63, 3.8) is 0 Å². The van der Waals surface area contributed by atoms with Crippen molar-refractivity contribution < 1.29 is 4.74 Å². The Morgan fingerprint density at radius 1 is 1.00 bits per heavy atom. The van der Waals surface area contributed by atoms with E-state index in [9.17, 15) is 0 Å². The summed E-state index contributed by atoms with van der Waals surface area (Å²) in [6.07, 6.45) is 2.08. The lowest BCUT2D eigenvalue weighted by molar-refractivity contribution is 0.333. The van der Waals surface area contributed by atoms with E-state index in [1.165, 1.54) is 4.90 Å². The Morgan fingerprint density at radius 2 is 1.72 bits per heavy atom. The van der Waals surface area contributed by atoms with Gasteiger partial charge in [0.1, 0.15) is 12.4 Å². The Kier molecular flexibility index (Phi) is 4.97. The zero-order chi connectivity index (χ0) is 12.6. The lowest BCUT2D eigenvalue weighted by atomic mass is 10.3. The van der Waals surface area contributed by atoms with Gasteiger partial charge in [-0.3, -0.25) is 0 Å². The first-order valence-corrected chi connectivity index (χ1v) is 7.17. The molecule has 0 amide bonds. The van der Waals surface area contributed by atoms with Gasteiger partial charge >= 0.3 is 0 Å². The fourth-order valence-electron chi connectivity index (χ4n) is 1.59. The van der Waals surface area contributed by atoms with Crippen LogP contribution >= 0.6 is 11.8 Å². The largest absolute Gasteiger partial charge is 0.492 e. The van der Waals surface area contributed by atoms with Gasteiger partial charge < -0.3 is 10.1 Å². The molecule has 0 bridgehead atoms. The van der Waals surface area contributed by atoms with E-state index in [0.717, 1.165) is 18.0 Å². The van der Waals surface area contributed by atoms with Crippen LogP contribution in [-0.2, 0) is 0 Å². The SMILES string of the molecule is CSc1ccc(NCCOc2ccccc2)cc1. The summed E-state index contributed by atoms with van der Waals surface area (Å²) in [5.41, 5.74) is 1.13. The summed E-state index contributed by atoms with van der Waals surface area (Å²) in [6, 6.07) is 18.3. The maximum absolute atomic E-state index is 5.61. The van der Waals surface area contributed by atoms with Gasteiger partial charge in [0, 0.05) is 17.1 Å². The molecule has 0 fully saturated rings. The molecule has 0 saturated carbocycles. The predicted molar refractivity (Wildman–Crippen MR) is 78.6 cm³/mol. The highest BCUT2D eigenvalue weighted by Crippen LogP contribution is 2.17. The Bertz CT molecular complexity index is 456. The van der Waals surface area contributed by atoms with Crippen molar-refractivity contribution in [2.75, 3.05) is 24.7 Å². The van der Waals surface area contributed by atoms with Crippen LogP contribution in [0.2, 0.25) is 0 Å². The number of para-hydroxylation sites is 1. The number of anilines is 1. The second-order valence-electron chi connectivity index (χ2n) is 3.82. The molecule has 0 aliphatic rings. The molecule has 2 rings (SSSR count). The van der Waals surface area contributed by atoms with E-state index in [1.54, 1.807) is 11.8 Å². The van der Waals surface area contributed by atoms with E-state index in [2.05, 4.69) is 35.8 Å². The van der Waals surface area contributed by atoms with Gasteiger partial charge in [-0.2, -0.15) is 0 Å². The van der Waals surface area contributed by atoms with Crippen molar-refractivity contribution in [2.24, 2.45) is 0 Å². The van der Waals surface area contributed by atoms with Gasteiger partial charge in [-0.25, -0.2) is 0 Å². The highest BCUT2D eigenvalue weighted by Gasteiger charge is 1.94. The number of nitrogens with one attached hydrogen (secondary N) is 1. The first-order chi connectivity index (χ1) is 8.88. The molecule has 2 aromatic carbocycles. The first kappa shape index (κ1) is 12.8. The van der Waals surface area contributed by atoms with Crippen LogP contribution in [0.25, 0.3) is 0 Å². The molecular weight excluding hydrogens is 242 g/mol. The zero-order valence-corrected chi connectivity index (χ0v) is 11.2. The minimum atomic E-state index is 0.661. The van der Waals surface area contributed by atoms with Crippen molar-refractivity contribution >= 4 is 17.4 Å². The minimum Gasteiger partial charge on any atom is -0.492 e. The van der Waals surface area contributed by atoms with Crippen molar-refractivity contribution in [2.45, 2.75) is 4.90 Å². The van der Waals surface area contributed by atoms with Crippen LogP contribution in [0, 0.1) is 0 Å². The molecule has 2 aromatic rings. The van der Waals surface area contributed by atoms with Crippen LogP contribution in [0.4, 0.5) is 5.69 Å². The van der Waals surface area contributed by atoms with Crippen LogP contribution in [0.15, 0.2) is 59.5 Å². The van der Waals surface area contributed by atoms with Gasteiger partial charge in [0.05, 0.1) is 0 Å². The third kappa shape index (κ3) is 4.00. The smallest absolute Gasteiger partial charge is 0.119 e. The maximum atomic E-state index is 5.61. The summed E-state index contributed by atoms with van der Waals surface area (Å²) in [5.74, 6) is 0.914. The molecule has 0 radical (unpaired) electrons. The number of hydrogen-bond acceptors (Lipinski definition) is 3. The molecule has 0 aromatic heterocycles. The van der Waals surface area contributed by atoms with Crippen molar-refractivity contribution in [1.82, 2.24) is 0 Å². The van der Waals surface area contributed by atoms with E-state index in [1.807, 2.05) is 30.3 Å². The molecule has 1 N–H and O–H groups in total. The summed E-state index contributed by atoms with van der Waals surface area (Å²) < 4.78 is 5.61. The second-order valence-corrected chi connectivity index (χ2v) is 4.70. The summed E-state index contributed by atoms with van der Waals surface area (Å²) in [7, 11) is 0. The zero-order valence-electron chi connectivity index (χ0n) is 10.4. The average Bonchev–Trinajstić information content (AvgIpc) is 2.45. The van der Waals surface area contributed by atoms with E-state index in [0.29, 0.717) is 6.61 Å². The topological polar surface area (TPSA) is 21.3 Å². The molecule has 94 valence electrons. The predicted octanol–water partition coefficient (Wildman–Crippen LogP) is 3.90. The van der Waals surface area contributed by atoms with E-state index >= 15 is 0 Å². The lowest BCUT2D eigenvalue weighted by Gasteiger charge is -2.08. The fourth-order valence-corrected chi connectivity index (χ4v) is 2.00. The monoisotopic (exact) mass is 259 g/mol. The lowest BCUT2D eigenvalue weighted by Crippen LogP contribution is -2.11. The van der Waals surface area contributed by atoms with Crippen LogP contribution in [-0.4, -0.2) is 19.4 Å². The van der Waals surface area contributed by atoms with Crippen LogP contribution in [0.5, 0.6) is 5.75 Å². The molecule has 0 atom stereocenters. The van der Waals surface area contributed by atoms with Crippen molar-refractivity contribution in [3.8, 4) is 5.75 Å². The standard InChI is InChI=1S/C15H17NOS/c1-18-15-9-7-13(8-10-15)16-11-12-17-14-5-3-2-4-6-14/h2-10,16H,11-12H2,1H3. The van der Waals surface area contributed by atoms with Gasteiger partial charge in [-0.1, -0.05) is 18.2 Å². The molecule has 3 heteroatoms. The summed E-state index contributed by atoms with van der Waals surface area (Å²) >= 11 is 1.75. The normalized spacial score (nSPS) is 10.1. The second kappa shape index (κ2) is 6.97. The van der Waals surface area contributed by atoms with Gasteiger partial charge in [-0.15, -0.1) is 11.8 Å². The molecule has 0 heterocycles. The van der Waals surface area contributed by atoms with Crippen molar-refractivity contribution in [1.29, 1.82) is 0 Å². The van der Waals surface area contributed by atoms with Crippen molar-refractivity contribution in [3.05, 3.63) is 54.6 Å². The molecule has 0 saturated heterocycles. The van der Waals surface area contributed by atoms with Crippen LogP contribution in [0.1, 0.15) is 0 Å². The molecule has 0 unspecified atom stereocenters. The van der Waals surface area contributed by atoms with Crippen LogP contribution in [0.3, 0.4) is 0 Å². The number of rotatable bonds is 6. The third-order valence-electron chi connectivity index (χ3n) is 2.53. The molecule has 0 aliphatic carbocycles. The molecular formula is C15H17NOS. The number of hydrogen-bond donors (Lipinski definition) is 1. The van der Waals surface area contributed by atoms with E-state index in [4.69, 9.17) is 4.74 Å². The maximum Gasteiger partial charge on any atom is 0.119 e.